The molecule has 2 heteroatoms. The average molecular weight is 127 g/mol. The number of aliphatic hydroxyl groups is 1. The SMILES string of the molecule is O[C@H]1CO[C@@H]2C[CH]C[C@H]12. The van der Waals surface area contributed by atoms with Crippen LogP contribution >= 0.6 is 0 Å². The van der Waals surface area contributed by atoms with E-state index in [-0.39, 0.29) is 6.10 Å². The molecule has 1 aliphatic heterocycles. The highest BCUT2D eigenvalue weighted by Crippen LogP contribution is 2.34. The summed E-state index contributed by atoms with van der Waals surface area (Å²) in [6.45, 7) is 0.559. The van der Waals surface area contributed by atoms with Crippen LogP contribution in [-0.2, 0) is 4.74 Å². The summed E-state index contributed by atoms with van der Waals surface area (Å²) < 4.78 is 5.31. The van der Waals surface area contributed by atoms with Crippen molar-refractivity contribution in [3.8, 4) is 0 Å². The van der Waals surface area contributed by atoms with Crippen LogP contribution in [0.15, 0.2) is 0 Å². The summed E-state index contributed by atoms with van der Waals surface area (Å²) in [6, 6.07) is 0. The molecule has 0 bridgehead atoms. The van der Waals surface area contributed by atoms with E-state index in [0.717, 1.165) is 12.8 Å². The average Bonchev–Trinajstić information content (AvgIpc) is 2.35. The van der Waals surface area contributed by atoms with E-state index in [4.69, 9.17) is 4.74 Å². The van der Waals surface area contributed by atoms with E-state index >= 15 is 0 Å². The lowest BCUT2D eigenvalue weighted by molar-refractivity contribution is 0.0896. The Labute approximate surface area is 54.8 Å². The number of hydrogen-bond donors (Lipinski definition) is 1. The van der Waals surface area contributed by atoms with E-state index in [1.165, 1.54) is 0 Å². The van der Waals surface area contributed by atoms with Gasteiger partial charge in [-0.05, 0) is 19.3 Å². The van der Waals surface area contributed by atoms with Crippen molar-refractivity contribution in [2.75, 3.05) is 6.61 Å². The molecule has 1 saturated carbocycles. The summed E-state index contributed by atoms with van der Waals surface area (Å²) in [5.41, 5.74) is 0. The Morgan fingerprint density at radius 3 is 3.11 bits per heavy atom. The first kappa shape index (κ1) is 5.69. The lowest BCUT2D eigenvalue weighted by Crippen LogP contribution is -2.18. The third kappa shape index (κ3) is 0.775. The quantitative estimate of drug-likeness (QED) is 0.509. The van der Waals surface area contributed by atoms with Gasteiger partial charge in [-0.15, -0.1) is 0 Å². The number of ether oxygens (including phenoxy) is 1. The Bertz CT molecular complexity index is 113. The van der Waals surface area contributed by atoms with Crippen LogP contribution in [0, 0.1) is 12.3 Å². The van der Waals surface area contributed by atoms with Crippen LogP contribution in [0.25, 0.3) is 0 Å². The molecule has 1 N–H and O–H groups in total. The van der Waals surface area contributed by atoms with E-state index in [1.807, 2.05) is 0 Å². The lowest BCUT2D eigenvalue weighted by atomic mass is 10.0. The molecule has 0 aromatic heterocycles. The zero-order chi connectivity index (χ0) is 6.27. The molecule has 2 aliphatic rings. The molecule has 0 aromatic carbocycles. The van der Waals surface area contributed by atoms with Crippen LogP contribution < -0.4 is 0 Å². The van der Waals surface area contributed by atoms with Crippen LogP contribution in [0.5, 0.6) is 0 Å². The number of hydrogen-bond acceptors (Lipinski definition) is 2. The van der Waals surface area contributed by atoms with Crippen LogP contribution in [0.3, 0.4) is 0 Å². The lowest BCUT2D eigenvalue weighted by Gasteiger charge is -2.08. The fraction of sp³-hybridized carbons (Fsp3) is 0.857. The largest absolute Gasteiger partial charge is 0.390 e. The van der Waals surface area contributed by atoms with Crippen molar-refractivity contribution >= 4 is 0 Å². The van der Waals surface area contributed by atoms with Crippen molar-refractivity contribution in [1.29, 1.82) is 0 Å². The number of aliphatic hydroxyl groups excluding tert-OH is 1. The summed E-state index contributed by atoms with van der Waals surface area (Å²) in [5, 5.41) is 9.25. The molecular weight excluding hydrogens is 116 g/mol. The number of rotatable bonds is 0. The Morgan fingerprint density at radius 2 is 2.33 bits per heavy atom. The molecule has 3 atom stereocenters. The van der Waals surface area contributed by atoms with Gasteiger partial charge < -0.3 is 9.84 Å². The Hall–Kier alpha value is -0.0800. The van der Waals surface area contributed by atoms with Gasteiger partial charge in [0.1, 0.15) is 0 Å². The second-order valence-electron chi connectivity index (χ2n) is 2.86. The zero-order valence-corrected chi connectivity index (χ0v) is 5.29. The van der Waals surface area contributed by atoms with Gasteiger partial charge in [-0.3, -0.25) is 0 Å². The third-order valence-electron chi connectivity index (χ3n) is 2.29. The van der Waals surface area contributed by atoms with E-state index in [9.17, 15) is 5.11 Å². The molecule has 51 valence electrons. The van der Waals surface area contributed by atoms with Crippen LogP contribution in [0.4, 0.5) is 0 Å². The molecule has 1 heterocycles. The molecule has 1 saturated heterocycles. The topological polar surface area (TPSA) is 29.5 Å². The highest BCUT2D eigenvalue weighted by atomic mass is 16.5. The maximum Gasteiger partial charge on any atom is 0.0826 e. The molecule has 0 spiro atoms. The minimum Gasteiger partial charge on any atom is -0.390 e. The van der Waals surface area contributed by atoms with Crippen molar-refractivity contribution in [1.82, 2.24) is 0 Å². The number of fused-ring (bicyclic) bond motifs is 1. The Morgan fingerprint density at radius 1 is 1.44 bits per heavy atom. The fourth-order valence-corrected chi connectivity index (χ4v) is 1.72. The van der Waals surface area contributed by atoms with Gasteiger partial charge in [-0.1, -0.05) is 0 Å². The predicted octanol–water partition coefficient (Wildman–Crippen LogP) is 0.360. The zero-order valence-electron chi connectivity index (χ0n) is 5.29. The fourth-order valence-electron chi connectivity index (χ4n) is 1.72. The first-order valence-electron chi connectivity index (χ1n) is 3.49. The highest BCUT2D eigenvalue weighted by molar-refractivity contribution is 4.96. The van der Waals surface area contributed by atoms with Crippen LogP contribution in [0.2, 0.25) is 0 Å². The third-order valence-corrected chi connectivity index (χ3v) is 2.29. The van der Waals surface area contributed by atoms with Crippen LogP contribution in [-0.4, -0.2) is 23.9 Å². The maximum absolute atomic E-state index is 9.25. The van der Waals surface area contributed by atoms with Crippen molar-refractivity contribution in [2.24, 2.45) is 5.92 Å². The van der Waals surface area contributed by atoms with Gasteiger partial charge in [0, 0.05) is 5.92 Å². The summed E-state index contributed by atoms with van der Waals surface area (Å²) in [7, 11) is 0. The molecule has 9 heavy (non-hydrogen) atoms. The van der Waals surface area contributed by atoms with E-state index in [1.54, 1.807) is 0 Å². The molecular formula is C7H11O2. The van der Waals surface area contributed by atoms with Crippen LogP contribution in [0.1, 0.15) is 12.8 Å². The van der Waals surface area contributed by atoms with Crippen molar-refractivity contribution in [3.63, 3.8) is 0 Å². The van der Waals surface area contributed by atoms with Gasteiger partial charge in [0.05, 0.1) is 18.8 Å². The molecule has 2 fully saturated rings. The Balaban J connectivity index is 2.07. The van der Waals surface area contributed by atoms with Gasteiger partial charge in [0.2, 0.25) is 0 Å². The maximum atomic E-state index is 9.25. The summed E-state index contributed by atoms with van der Waals surface area (Å²) in [5.74, 6) is 0.421. The Kier molecular flexibility index (Phi) is 1.24. The molecule has 1 aliphatic carbocycles. The minimum atomic E-state index is -0.186. The summed E-state index contributed by atoms with van der Waals surface area (Å²) in [6.07, 6.45) is 4.46. The molecule has 2 nitrogen and oxygen atoms in total. The molecule has 0 amide bonds. The standard InChI is InChI=1S/C7H11O2/c8-6-4-9-7-3-1-2-5(6)7/h1,5-8H,2-4H2/t5-,6+,7-/m1/s1. The highest BCUT2D eigenvalue weighted by Gasteiger charge is 2.39. The monoisotopic (exact) mass is 127 g/mol. The molecule has 2 rings (SSSR count). The molecule has 1 radical (unpaired) electrons. The van der Waals surface area contributed by atoms with Gasteiger partial charge >= 0.3 is 0 Å². The van der Waals surface area contributed by atoms with Crippen molar-refractivity contribution in [2.45, 2.75) is 25.0 Å². The van der Waals surface area contributed by atoms with E-state index < -0.39 is 0 Å². The first-order valence-corrected chi connectivity index (χ1v) is 3.49. The smallest absolute Gasteiger partial charge is 0.0826 e. The second-order valence-corrected chi connectivity index (χ2v) is 2.86. The normalized spacial score (nSPS) is 49.7. The summed E-state index contributed by atoms with van der Waals surface area (Å²) in [4.78, 5) is 0. The van der Waals surface area contributed by atoms with Gasteiger partial charge in [0.25, 0.3) is 0 Å². The predicted molar refractivity (Wildman–Crippen MR) is 32.8 cm³/mol. The van der Waals surface area contributed by atoms with Gasteiger partial charge in [-0.25, -0.2) is 0 Å². The first-order chi connectivity index (χ1) is 4.38. The molecule has 0 unspecified atom stereocenters. The van der Waals surface area contributed by atoms with E-state index in [0.29, 0.717) is 18.6 Å². The van der Waals surface area contributed by atoms with Crippen molar-refractivity contribution < 1.29 is 9.84 Å². The van der Waals surface area contributed by atoms with E-state index in [2.05, 4.69) is 6.42 Å². The summed E-state index contributed by atoms with van der Waals surface area (Å²) >= 11 is 0. The van der Waals surface area contributed by atoms with Crippen molar-refractivity contribution in [3.05, 3.63) is 6.42 Å². The van der Waals surface area contributed by atoms with Gasteiger partial charge in [0.15, 0.2) is 0 Å². The van der Waals surface area contributed by atoms with Gasteiger partial charge in [-0.2, -0.15) is 0 Å². The molecule has 0 aromatic rings. The second kappa shape index (κ2) is 1.96. The minimum absolute atomic E-state index is 0.186.